The van der Waals surface area contributed by atoms with E-state index in [1.165, 1.54) is 23.7 Å². The summed E-state index contributed by atoms with van der Waals surface area (Å²) in [5.74, 6) is -1.07. The molecule has 146 valence electrons. The van der Waals surface area contributed by atoms with Crippen molar-refractivity contribution in [1.29, 1.82) is 0 Å². The highest BCUT2D eigenvalue weighted by Crippen LogP contribution is 2.14. The highest BCUT2D eigenvalue weighted by Gasteiger charge is 2.23. The quantitative estimate of drug-likeness (QED) is 0.635. The first-order valence-corrected chi connectivity index (χ1v) is 9.06. The normalized spacial score (nSPS) is 13.1. The van der Waals surface area contributed by atoms with Crippen molar-refractivity contribution in [3.05, 3.63) is 69.8 Å². The maximum atomic E-state index is 12.6. The highest BCUT2D eigenvalue weighted by atomic mass is 16.5. The maximum absolute atomic E-state index is 12.6. The molecule has 3 rings (SSSR count). The van der Waals surface area contributed by atoms with Crippen LogP contribution in [0.5, 0.6) is 0 Å². The Morgan fingerprint density at radius 1 is 1.25 bits per heavy atom. The predicted molar refractivity (Wildman–Crippen MR) is 103 cm³/mol. The molecule has 0 saturated carbocycles. The third kappa shape index (κ3) is 3.95. The molecule has 8 nitrogen and oxygen atoms in total. The summed E-state index contributed by atoms with van der Waals surface area (Å²) in [4.78, 5) is 40.6. The minimum absolute atomic E-state index is 0.206. The number of amides is 1. The lowest BCUT2D eigenvalue weighted by atomic mass is 10.1. The summed E-state index contributed by atoms with van der Waals surface area (Å²) in [6, 6.07) is 10.6. The average molecular weight is 382 g/mol. The van der Waals surface area contributed by atoms with Gasteiger partial charge in [-0.2, -0.15) is 0 Å². The molecular weight excluding hydrogens is 360 g/mol. The van der Waals surface area contributed by atoms with Crippen LogP contribution in [0.2, 0.25) is 0 Å². The first-order valence-electron chi connectivity index (χ1n) is 9.06. The number of aryl methyl sites for hydroxylation is 1. The summed E-state index contributed by atoms with van der Waals surface area (Å²) in [6.45, 7) is 5.22. The molecular formula is C20H22N4O4. The summed E-state index contributed by atoms with van der Waals surface area (Å²) in [5, 5.41) is 5.43. The number of aromatic nitrogens is 3. The van der Waals surface area contributed by atoms with Crippen LogP contribution < -0.4 is 10.9 Å². The van der Waals surface area contributed by atoms with E-state index in [2.05, 4.69) is 15.4 Å². The Balaban J connectivity index is 1.72. The molecule has 3 aromatic rings. The molecule has 2 heterocycles. The summed E-state index contributed by atoms with van der Waals surface area (Å²) >= 11 is 0. The monoisotopic (exact) mass is 382 g/mol. The average Bonchev–Trinajstić information content (AvgIpc) is 3.07. The first kappa shape index (κ1) is 19.3. The van der Waals surface area contributed by atoms with Gasteiger partial charge in [-0.25, -0.2) is 14.3 Å². The number of esters is 1. The van der Waals surface area contributed by atoms with Crippen LogP contribution in [0.25, 0.3) is 5.65 Å². The van der Waals surface area contributed by atoms with Gasteiger partial charge in [0.25, 0.3) is 11.5 Å². The van der Waals surface area contributed by atoms with Gasteiger partial charge in [0.1, 0.15) is 0 Å². The largest absolute Gasteiger partial charge is 0.449 e. The lowest BCUT2D eigenvalue weighted by molar-refractivity contribution is -0.129. The van der Waals surface area contributed by atoms with E-state index < -0.39 is 18.0 Å². The number of ether oxygens (including phenoxy) is 1. The van der Waals surface area contributed by atoms with Crippen LogP contribution in [0, 0.1) is 0 Å². The lowest BCUT2D eigenvalue weighted by Crippen LogP contribution is -2.37. The molecule has 8 heteroatoms. The van der Waals surface area contributed by atoms with Crippen LogP contribution in [-0.2, 0) is 16.0 Å². The maximum Gasteiger partial charge on any atom is 0.342 e. The molecule has 0 aliphatic rings. The third-order valence-corrected chi connectivity index (χ3v) is 4.48. The molecule has 0 fully saturated rings. The van der Waals surface area contributed by atoms with Crippen molar-refractivity contribution in [2.75, 3.05) is 0 Å². The molecule has 0 bridgehead atoms. The van der Waals surface area contributed by atoms with Crippen LogP contribution in [0.15, 0.2) is 47.4 Å². The van der Waals surface area contributed by atoms with E-state index in [1.807, 2.05) is 44.2 Å². The van der Waals surface area contributed by atoms with Gasteiger partial charge in [0.05, 0.1) is 17.3 Å². The van der Waals surface area contributed by atoms with Gasteiger partial charge in [-0.1, -0.05) is 37.3 Å². The van der Waals surface area contributed by atoms with Crippen LogP contribution in [0.1, 0.15) is 48.4 Å². The number of nitrogens with zero attached hydrogens (tertiary/aromatic N) is 2. The van der Waals surface area contributed by atoms with E-state index in [4.69, 9.17) is 4.74 Å². The van der Waals surface area contributed by atoms with Crippen molar-refractivity contribution in [1.82, 2.24) is 19.9 Å². The molecule has 2 N–H and O–H groups in total. The standard InChI is InChI=1S/C20H22N4O4/c1-4-16-15(11-21-17-10-18(25)23-24(16)17)20(27)28-13(3)19(26)22-12(2)14-8-6-5-7-9-14/h5-13H,4H2,1-3H3,(H,22,26)(H,23,25)/t12-,13-/m0/s1. The molecule has 0 spiro atoms. The smallest absolute Gasteiger partial charge is 0.342 e. The SMILES string of the molecule is CCc1c(C(=O)O[C@@H](C)C(=O)N[C@@H](C)c2ccccc2)cnc2cc(=O)[nH]n12. The molecule has 0 radical (unpaired) electrons. The third-order valence-electron chi connectivity index (χ3n) is 4.48. The van der Waals surface area contributed by atoms with E-state index in [1.54, 1.807) is 0 Å². The van der Waals surface area contributed by atoms with Crippen molar-refractivity contribution in [3.63, 3.8) is 0 Å². The van der Waals surface area contributed by atoms with Gasteiger partial charge >= 0.3 is 5.97 Å². The molecule has 0 saturated heterocycles. The van der Waals surface area contributed by atoms with E-state index in [9.17, 15) is 14.4 Å². The number of carbonyl (C=O) groups is 2. The van der Waals surface area contributed by atoms with Gasteiger partial charge < -0.3 is 10.1 Å². The molecule has 0 aliphatic heterocycles. The number of rotatable bonds is 6. The Labute approximate surface area is 161 Å². The molecule has 1 aromatic carbocycles. The molecule has 28 heavy (non-hydrogen) atoms. The highest BCUT2D eigenvalue weighted by molar-refractivity contribution is 5.93. The number of nitrogens with one attached hydrogen (secondary N) is 2. The number of H-pyrrole nitrogens is 1. The van der Waals surface area contributed by atoms with Gasteiger partial charge in [0.15, 0.2) is 11.8 Å². The van der Waals surface area contributed by atoms with Crippen LogP contribution in [0.3, 0.4) is 0 Å². The number of hydrogen-bond donors (Lipinski definition) is 2. The zero-order valence-electron chi connectivity index (χ0n) is 15.9. The number of fused-ring (bicyclic) bond motifs is 1. The minimum atomic E-state index is -0.984. The van der Waals surface area contributed by atoms with Crippen LogP contribution in [0.4, 0.5) is 0 Å². The Bertz CT molecular complexity index is 1060. The first-order chi connectivity index (χ1) is 13.4. The van der Waals surface area contributed by atoms with Crippen molar-refractivity contribution in [3.8, 4) is 0 Å². The summed E-state index contributed by atoms with van der Waals surface area (Å²) in [6.07, 6.45) is 0.850. The molecule has 0 unspecified atom stereocenters. The Hall–Kier alpha value is -3.42. The second-order valence-corrected chi connectivity index (χ2v) is 6.47. The lowest BCUT2D eigenvalue weighted by Gasteiger charge is -2.19. The van der Waals surface area contributed by atoms with Crippen molar-refractivity contribution >= 4 is 17.5 Å². The van der Waals surface area contributed by atoms with Gasteiger partial charge in [-0.15, -0.1) is 0 Å². The fourth-order valence-corrected chi connectivity index (χ4v) is 2.96. The number of benzene rings is 1. The van der Waals surface area contributed by atoms with Crippen molar-refractivity contribution < 1.29 is 14.3 Å². The van der Waals surface area contributed by atoms with Crippen molar-refractivity contribution in [2.45, 2.75) is 39.3 Å². The topological polar surface area (TPSA) is 106 Å². The van der Waals surface area contributed by atoms with E-state index in [-0.39, 0.29) is 17.2 Å². The summed E-state index contributed by atoms with van der Waals surface area (Å²) in [5.41, 5.74) is 1.82. The number of hydrogen-bond acceptors (Lipinski definition) is 5. The van der Waals surface area contributed by atoms with E-state index in [0.29, 0.717) is 17.8 Å². The number of aromatic amines is 1. The number of carbonyl (C=O) groups excluding carboxylic acids is 2. The van der Waals surface area contributed by atoms with Crippen LogP contribution in [-0.4, -0.2) is 32.6 Å². The zero-order valence-corrected chi connectivity index (χ0v) is 15.9. The van der Waals surface area contributed by atoms with Gasteiger partial charge in [-0.05, 0) is 25.8 Å². The fourth-order valence-electron chi connectivity index (χ4n) is 2.96. The summed E-state index contributed by atoms with van der Waals surface area (Å²) in [7, 11) is 0. The van der Waals surface area contributed by atoms with Gasteiger partial charge in [-0.3, -0.25) is 14.7 Å². The molecule has 1 amide bonds. The van der Waals surface area contributed by atoms with Crippen LogP contribution >= 0.6 is 0 Å². The predicted octanol–water partition coefficient (Wildman–Crippen LogP) is 2.01. The minimum Gasteiger partial charge on any atom is -0.449 e. The Morgan fingerprint density at radius 2 is 1.96 bits per heavy atom. The molecule has 0 aliphatic carbocycles. The van der Waals surface area contributed by atoms with Gasteiger partial charge in [0.2, 0.25) is 0 Å². The second-order valence-electron chi connectivity index (χ2n) is 6.47. The van der Waals surface area contributed by atoms with E-state index in [0.717, 1.165) is 5.56 Å². The van der Waals surface area contributed by atoms with E-state index >= 15 is 0 Å². The fraction of sp³-hybridized carbons (Fsp3) is 0.300. The zero-order chi connectivity index (χ0) is 20.3. The Kier molecular flexibility index (Phi) is 5.58. The van der Waals surface area contributed by atoms with Crippen molar-refractivity contribution in [2.24, 2.45) is 0 Å². The van der Waals surface area contributed by atoms with Gasteiger partial charge in [0, 0.05) is 12.3 Å². The molecule has 2 aromatic heterocycles. The summed E-state index contributed by atoms with van der Waals surface area (Å²) < 4.78 is 6.80. The molecule has 2 atom stereocenters. The Morgan fingerprint density at radius 3 is 2.64 bits per heavy atom. The second kappa shape index (κ2) is 8.08.